The van der Waals surface area contributed by atoms with E-state index in [0.717, 1.165) is 43.5 Å². The molecular weight excluding hydrogens is 402 g/mol. The molecule has 33 heavy (non-hydrogen) atoms. The molecule has 1 aromatic carbocycles. The lowest BCUT2D eigenvalue weighted by molar-refractivity contribution is 0.220. The Morgan fingerprint density at radius 1 is 0.818 bits per heavy atom. The largest absolute Gasteiger partial charge is 0.240 e. The van der Waals surface area contributed by atoms with E-state index in [0.29, 0.717) is 5.92 Å². The first kappa shape index (κ1) is 25.4. The van der Waals surface area contributed by atoms with Crippen LogP contribution in [-0.2, 0) is 6.42 Å². The highest BCUT2D eigenvalue weighted by Gasteiger charge is 2.36. The van der Waals surface area contributed by atoms with Gasteiger partial charge < -0.3 is 0 Å². The van der Waals surface area contributed by atoms with Gasteiger partial charge in [0.05, 0.1) is 11.5 Å². The van der Waals surface area contributed by atoms with Crippen LogP contribution < -0.4 is 0 Å². The quantitative estimate of drug-likeness (QED) is 0.289. The predicted molar refractivity (Wildman–Crippen MR) is 138 cm³/mol. The van der Waals surface area contributed by atoms with E-state index in [2.05, 4.69) is 44.2 Å². The van der Waals surface area contributed by atoms with E-state index in [1.807, 2.05) is 12.4 Å². The van der Waals surface area contributed by atoms with Crippen LogP contribution >= 0.6 is 0 Å². The molecule has 3 nitrogen and oxygen atoms in total. The topological polar surface area (TPSA) is 49.6 Å². The minimum Gasteiger partial charge on any atom is -0.240 e. The molecule has 178 valence electrons. The van der Waals surface area contributed by atoms with Crippen LogP contribution in [0.1, 0.15) is 121 Å². The molecule has 1 aliphatic rings. The maximum Gasteiger partial charge on any atom is 0.131 e. The molecule has 0 aliphatic heterocycles. The Morgan fingerprint density at radius 3 is 2.06 bits per heavy atom. The van der Waals surface area contributed by atoms with E-state index >= 15 is 0 Å². The Balaban J connectivity index is 1.49. The summed E-state index contributed by atoms with van der Waals surface area (Å²) in [4.78, 5) is 9.48. The molecule has 1 aromatic heterocycles. The van der Waals surface area contributed by atoms with Gasteiger partial charge in [0.1, 0.15) is 5.82 Å². The molecule has 0 saturated heterocycles. The zero-order valence-corrected chi connectivity index (χ0v) is 21.0. The van der Waals surface area contributed by atoms with Gasteiger partial charge in [-0.3, -0.25) is 0 Å². The van der Waals surface area contributed by atoms with Crippen LogP contribution in [0, 0.1) is 16.7 Å². The Hall–Kier alpha value is -2.21. The lowest BCUT2D eigenvalue weighted by Gasteiger charge is -2.34. The number of hydrogen-bond acceptors (Lipinski definition) is 3. The SMILES string of the molecule is CCCCCCCCc1ccc(-c2cnc(C3CCC(C#N)(CCCCC)CC3)nc2)cc1. The van der Waals surface area contributed by atoms with Crippen molar-refractivity contribution in [2.45, 2.75) is 116 Å². The van der Waals surface area contributed by atoms with E-state index in [1.165, 1.54) is 75.3 Å². The van der Waals surface area contributed by atoms with Crippen LogP contribution in [0.4, 0.5) is 0 Å². The standard InChI is InChI=1S/C30H43N3/c1-3-5-7-8-9-10-12-25-13-15-26(16-14-25)28-22-32-29(33-23-28)27-17-20-30(24-31,21-18-27)19-11-6-4-2/h13-16,22-23,27H,3-12,17-21H2,1-2H3. The highest BCUT2D eigenvalue weighted by atomic mass is 14.9. The van der Waals surface area contributed by atoms with Gasteiger partial charge in [0, 0.05) is 23.9 Å². The molecular formula is C30H43N3. The molecule has 3 heteroatoms. The maximum atomic E-state index is 9.79. The lowest BCUT2D eigenvalue weighted by Crippen LogP contribution is -2.26. The Kier molecular flexibility index (Phi) is 10.4. The molecule has 0 bridgehead atoms. The van der Waals surface area contributed by atoms with Crippen LogP contribution in [-0.4, -0.2) is 9.97 Å². The summed E-state index contributed by atoms with van der Waals surface area (Å²) in [7, 11) is 0. The van der Waals surface area contributed by atoms with E-state index in [-0.39, 0.29) is 5.41 Å². The predicted octanol–water partition coefficient (Wildman–Crippen LogP) is 8.79. The van der Waals surface area contributed by atoms with Crippen LogP contribution in [0.2, 0.25) is 0 Å². The van der Waals surface area contributed by atoms with E-state index < -0.39 is 0 Å². The number of unbranched alkanes of at least 4 members (excludes halogenated alkanes) is 7. The molecule has 0 atom stereocenters. The van der Waals surface area contributed by atoms with Gasteiger partial charge in [0.15, 0.2) is 0 Å². The van der Waals surface area contributed by atoms with Crippen molar-refractivity contribution in [1.29, 1.82) is 5.26 Å². The summed E-state index contributed by atoms with van der Waals surface area (Å²) < 4.78 is 0. The second-order valence-corrected chi connectivity index (χ2v) is 10.2. The van der Waals surface area contributed by atoms with Crippen LogP contribution in [0.3, 0.4) is 0 Å². The Morgan fingerprint density at radius 2 is 1.42 bits per heavy atom. The first-order valence-electron chi connectivity index (χ1n) is 13.5. The third-order valence-electron chi connectivity index (χ3n) is 7.58. The third kappa shape index (κ3) is 7.66. The molecule has 0 amide bonds. The maximum absolute atomic E-state index is 9.79. The van der Waals surface area contributed by atoms with Crippen molar-refractivity contribution in [3.8, 4) is 17.2 Å². The number of rotatable bonds is 13. The minimum atomic E-state index is -0.108. The molecule has 0 N–H and O–H groups in total. The normalized spacial score (nSPS) is 20.5. The van der Waals surface area contributed by atoms with Gasteiger partial charge in [-0.2, -0.15) is 5.26 Å². The highest BCUT2D eigenvalue weighted by molar-refractivity contribution is 5.61. The summed E-state index contributed by atoms with van der Waals surface area (Å²) in [6.07, 6.45) is 21.9. The van der Waals surface area contributed by atoms with Crippen molar-refractivity contribution in [3.63, 3.8) is 0 Å². The monoisotopic (exact) mass is 445 g/mol. The first-order chi connectivity index (χ1) is 16.2. The molecule has 3 rings (SSSR count). The smallest absolute Gasteiger partial charge is 0.131 e. The number of nitrogens with zero attached hydrogens (tertiary/aromatic N) is 3. The van der Waals surface area contributed by atoms with Gasteiger partial charge in [0.2, 0.25) is 0 Å². The van der Waals surface area contributed by atoms with Gasteiger partial charge in [-0.1, -0.05) is 89.5 Å². The van der Waals surface area contributed by atoms with Crippen LogP contribution in [0.5, 0.6) is 0 Å². The van der Waals surface area contributed by atoms with Crippen molar-refractivity contribution >= 4 is 0 Å². The molecule has 1 aliphatic carbocycles. The van der Waals surface area contributed by atoms with E-state index in [4.69, 9.17) is 9.97 Å². The Labute approximate surface area is 202 Å². The average molecular weight is 446 g/mol. The molecule has 1 fully saturated rings. The van der Waals surface area contributed by atoms with Crippen molar-refractivity contribution in [2.75, 3.05) is 0 Å². The van der Waals surface area contributed by atoms with Crippen molar-refractivity contribution in [1.82, 2.24) is 9.97 Å². The van der Waals surface area contributed by atoms with Gasteiger partial charge >= 0.3 is 0 Å². The van der Waals surface area contributed by atoms with Crippen molar-refractivity contribution < 1.29 is 0 Å². The van der Waals surface area contributed by atoms with Crippen LogP contribution in [0.25, 0.3) is 11.1 Å². The molecule has 2 aromatic rings. The Bertz CT molecular complexity index is 840. The van der Waals surface area contributed by atoms with Gasteiger partial charge in [-0.15, -0.1) is 0 Å². The fourth-order valence-electron chi connectivity index (χ4n) is 5.23. The molecule has 0 spiro atoms. The summed E-state index contributed by atoms with van der Waals surface area (Å²) in [5.41, 5.74) is 3.60. The van der Waals surface area contributed by atoms with Gasteiger partial charge in [0.25, 0.3) is 0 Å². The highest BCUT2D eigenvalue weighted by Crippen LogP contribution is 2.45. The lowest BCUT2D eigenvalue weighted by atomic mass is 9.68. The number of benzene rings is 1. The molecule has 1 heterocycles. The number of aryl methyl sites for hydroxylation is 1. The number of hydrogen-bond donors (Lipinski definition) is 0. The second kappa shape index (κ2) is 13.5. The minimum absolute atomic E-state index is 0.108. The van der Waals surface area contributed by atoms with E-state index in [1.54, 1.807) is 0 Å². The summed E-state index contributed by atoms with van der Waals surface area (Å²) >= 11 is 0. The first-order valence-corrected chi connectivity index (χ1v) is 13.5. The summed E-state index contributed by atoms with van der Waals surface area (Å²) in [5, 5.41) is 9.79. The molecule has 1 saturated carbocycles. The van der Waals surface area contributed by atoms with Gasteiger partial charge in [-0.25, -0.2) is 9.97 Å². The molecule has 0 unspecified atom stereocenters. The number of nitriles is 1. The second-order valence-electron chi connectivity index (χ2n) is 10.2. The fraction of sp³-hybridized carbons (Fsp3) is 0.633. The average Bonchev–Trinajstić information content (AvgIpc) is 2.87. The van der Waals surface area contributed by atoms with Crippen molar-refractivity contribution in [2.24, 2.45) is 5.41 Å². The number of aromatic nitrogens is 2. The van der Waals surface area contributed by atoms with Gasteiger partial charge in [-0.05, 0) is 56.1 Å². The fourth-order valence-corrected chi connectivity index (χ4v) is 5.23. The zero-order valence-electron chi connectivity index (χ0n) is 21.0. The third-order valence-corrected chi connectivity index (χ3v) is 7.58. The zero-order chi connectivity index (χ0) is 23.4. The van der Waals surface area contributed by atoms with Crippen molar-refractivity contribution in [3.05, 3.63) is 48.0 Å². The van der Waals surface area contributed by atoms with Crippen LogP contribution in [0.15, 0.2) is 36.7 Å². The summed E-state index contributed by atoms with van der Waals surface area (Å²) in [5.74, 6) is 1.35. The summed E-state index contributed by atoms with van der Waals surface area (Å²) in [6, 6.07) is 11.6. The van der Waals surface area contributed by atoms with E-state index in [9.17, 15) is 5.26 Å². The molecule has 0 radical (unpaired) electrons. The summed E-state index contributed by atoms with van der Waals surface area (Å²) in [6.45, 7) is 4.49.